The lowest BCUT2D eigenvalue weighted by Gasteiger charge is -2.13. The van der Waals surface area contributed by atoms with E-state index in [1.807, 2.05) is 6.07 Å². The van der Waals surface area contributed by atoms with Crippen molar-refractivity contribution >= 4 is 17.8 Å². The zero-order valence-corrected chi connectivity index (χ0v) is 16.6. The number of carbonyl (C=O) groups is 3. The smallest absolute Gasteiger partial charge is 0.338 e. The van der Waals surface area contributed by atoms with Crippen molar-refractivity contribution in [3.8, 4) is 16.9 Å². The number of rotatable bonds is 7. The van der Waals surface area contributed by atoms with Gasteiger partial charge in [-0.25, -0.2) is 4.79 Å². The van der Waals surface area contributed by atoms with E-state index >= 15 is 0 Å². The average molecular weight is 407 g/mol. The minimum atomic E-state index is -0.959. The van der Waals surface area contributed by atoms with Gasteiger partial charge in [0.05, 0.1) is 18.4 Å². The Hall–Kier alpha value is -3.87. The van der Waals surface area contributed by atoms with Gasteiger partial charge in [-0.3, -0.25) is 9.59 Å². The third-order valence-corrected chi connectivity index (χ3v) is 4.22. The minimum Gasteiger partial charge on any atom is -0.467 e. The van der Waals surface area contributed by atoms with Crippen LogP contribution in [0.25, 0.3) is 11.1 Å². The molecular weight excluding hydrogens is 386 g/mol. The van der Waals surface area contributed by atoms with Crippen LogP contribution in [0, 0.1) is 0 Å². The van der Waals surface area contributed by atoms with E-state index in [4.69, 9.17) is 13.9 Å². The lowest BCUT2D eigenvalue weighted by Crippen LogP contribution is -2.35. The van der Waals surface area contributed by atoms with Crippen molar-refractivity contribution in [3.63, 3.8) is 0 Å². The Bertz CT molecular complexity index is 1020. The summed E-state index contributed by atoms with van der Waals surface area (Å²) in [6, 6.07) is 17.2. The van der Waals surface area contributed by atoms with Crippen molar-refractivity contribution in [2.45, 2.75) is 26.5 Å². The highest BCUT2D eigenvalue weighted by Crippen LogP contribution is 2.24. The maximum atomic E-state index is 12.5. The molecule has 0 radical (unpaired) electrons. The van der Waals surface area contributed by atoms with E-state index in [-0.39, 0.29) is 6.54 Å². The molecule has 7 nitrogen and oxygen atoms in total. The minimum absolute atomic E-state index is 0.215. The summed E-state index contributed by atoms with van der Waals surface area (Å²) >= 11 is 0. The molecule has 1 N–H and O–H groups in total. The number of hydrogen-bond acceptors (Lipinski definition) is 6. The molecule has 1 heterocycles. The summed E-state index contributed by atoms with van der Waals surface area (Å²) in [5.74, 6) is -0.369. The Labute approximate surface area is 173 Å². The SMILES string of the molecule is CC(=O)Oc1ccc(-c2cccc(C(=O)O[C@H](C)C(=O)NCc3ccco3)c2)cc1. The van der Waals surface area contributed by atoms with Crippen molar-refractivity contribution in [1.29, 1.82) is 0 Å². The van der Waals surface area contributed by atoms with Crippen molar-refractivity contribution in [2.24, 2.45) is 0 Å². The second kappa shape index (κ2) is 9.56. The average Bonchev–Trinajstić information content (AvgIpc) is 3.26. The largest absolute Gasteiger partial charge is 0.467 e. The first-order chi connectivity index (χ1) is 14.4. The van der Waals surface area contributed by atoms with Gasteiger partial charge in [-0.15, -0.1) is 0 Å². The van der Waals surface area contributed by atoms with Crippen molar-refractivity contribution in [1.82, 2.24) is 5.32 Å². The molecule has 0 aliphatic rings. The number of hydrogen-bond donors (Lipinski definition) is 1. The Balaban J connectivity index is 1.62. The van der Waals surface area contributed by atoms with Crippen LogP contribution in [0.2, 0.25) is 0 Å². The Morgan fingerprint density at radius 3 is 2.43 bits per heavy atom. The molecule has 1 amide bonds. The Kier molecular flexibility index (Phi) is 6.64. The fourth-order valence-electron chi connectivity index (χ4n) is 2.72. The van der Waals surface area contributed by atoms with Gasteiger partial charge in [0.1, 0.15) is 11.5 Å². The molecule has 0 aliphatic heterocycles. The second-order valence-corrected chi connectivity index (χ2v) is 6.54. The number of esters is 2. The van der Waals surface area contributed by atoms with Crippen LogP contribution < -0.4 is 10.1 Å². The van der Waals surface area contributed by atoms with Gasteiger partial charge in [-0.05, 0) is 54.4 Å². The topological polar surface area (TPSA) is 94.8 Å². The number of amides is 1. The summed E-state index contributed by atoms with van der Waals surface area (Å²) in [6.45, 7) is 3.06. The molecular formula is C23H21NO6. The number of ether oxygens (including phenoxy) is 2. The van der Waals surface area contributed by atoms with Crippen LogP contribution in [0.15, 0.2) is 71.3 Å². The van der Waals surface area contributed by atoms with E-state index in [0.29, 0.717) is 17.1 Å². The number of furan rings is 1. The van der Waals surface area contributed by atoms with Gasteiger partial charge < -0.3 is 19.2 Å². The zero-order valence-electron chi connectivity index (χ0n) is 16.6. The highest BCUT2D eigenvalue weighted by atomic mass is 16.5. The van der Waals surface area contributed by atoms with E-state index in [1.54, 1.807) is 54.6 Å². The Morgan fingerprint density at radius 1 is 1.00 bits per heavy atom. The molecule has 0 bridgehead atoms. The van der Waals surface area contributed by atoms with Gasteiger partial charge in [0.2, 0.25) is 0 Å². The fraction of sp³-hybridized carbons (Fsp3) is 0.174. The standard InChI is InChI=1S/C23H21NO6/c1-15(22(26)24-14-21-7-4-12-28-21)29-23(27)19-6-3-5-18(13-19)17-8-10-20(11-9-17)30-16(2)25/h3-13,15H,14H2,1-2H3,(H,24,26)/t15-/m1/s1. The molecule has 3 aromatic rings. The van der Waals surface area contributed by atoms with E-state index in [9.17, 15) is 14.4 Å². The molecule has 1 aromatic heterocycles. The molecule has 0 spiro atoms. The van der Waals surface area contributed by atoms with Crippen LogP contribution in [0.5, 0.6) is 5.75 Å². The van der Waals surface area contributed by atoms with Crippen LogP contribution in [-0.2, 0) is 20.9 Å². The molecule has 7 heteroatoms. The van der Waals surface area contributed by atoms with Gasteiger partial charge in [0.15, 0.2) is 6.10 Å². The van der Waals surface area contributed by atoms with Crippen LogP contribution >= 0.6 is 0 Å². The number of benzene rings is 2. The lowest BCUT2D eigenvalue weighted by molar-refractivity contribution is -0.132. The molecule has 30 heavy (non-hydrogen) atoms. The molecule has 0 fully saturated rings. The van der Waals surface area contributed by atoms with E-state index < -0.39 is 23.9 Å². The summed E-state index contributed by atoms with van der Waals surface area (Å²) in [6.07, 6.45) is 0.557. The quantitative estimate of drug-likeness (QED) is 0.474. The first-order valence-corrected chi connectivity index (χ1v) is 9.32. The van der Waals surface area contributed by atoms with Gasteiger partial charge in [-0.1, -0.05) is 24.3 Å². The lowest BCUT2D eigenvalue weighted by atomic mass is 10.0. The normalized spacial score (nSPS) is 11.4. The first-order valence-electron chi connectivity index (χ1n) is 9.32. The zero-order chi connectivity index (χ0) is 21.5. The molecule has 154 valence electrons. The number of nitrogens with one attached hydrogen (secondary N) is 1. The van der Waals surface area contributed by atoms with Gasteiger partial charge in [0.25, 0.3) is 5.91 Å². The third-order valence-electron chi connectivity index (χ3n) is 4.22. The molecule has 0 unspecified atom stereocenters. The van der Waals surface area contributed by atoms with Crippen molar-refractivity contribution in [3.05, 3.63) is 78.3 Å². The maximum Gasteiger partial charge on any atom is 0.338 e. The maximum absolute atomic E-state index is 12.5. The monoisotopic (exact) mass is 407 g/mol. The third kappa shape index (κ3) is 5.57. The molecule has 3 rings (SSSR count). The summed E-state index contributed by atoms with van der Waals surface area (Å²) in [5.41, 5.74) is 1.95. The van der Waals surface area contributed by atoms with Crippen molar-refractivity contribution < 1.29 is 28.3 Å². The highest BCUT2D eigenvalue weighted by Gasteiger charge is 2.19. The molecule has 0 saturated heterocycles. The van der Waals surface area contributed by atoms with E-state index in [0.717, 1.165) is 11.1 Å². The van der Waals surface area contributed by atoms with Crippen molar-refractivity contribution in [2.75, 3.05) is 0 Å². The van der Waals surface area contributed by atoms with E-state index in [1.165, 1.54) is 20.1 Å². The van der Waals surface area contributed by atoms with Crippen LogP contribution in [0.3, 0.4) is 0 Å². The first kappa shape index (κ1) is 20.9. The molecule has 1 atom stereocenters. The number of carbonyl (C=O) groups excluding carboxylic acids is 3. The van der Waals surface area contributed by atoms with Crippen LogP contribution in [0.1, 0.15) is 30.0 Å². The second-order valence-electron chi connectivity index (χ2n) is 6.54. The fourth-order valence-corrected chi connectivity index (χ4v) is 2.72. The van der Waals surface area contributed by atoms with Gasteiger partial charge in [-0.2, -0.15) is 0 Å². The summed E-state index contributed by atoms with van der Waals surface area (Å²) < 4.78 is 15.5. The highest BCUT2D eigenvalue weighted by molar-refractivity contribution is 5.93. The predicted molar refractivity (Wildman–Crippen MR) is 109 cm³/mol. The van der Waals surface area contributed by atoms with Gasteiger partial charge in [0, 0.05) is 6.92 Å². The summed E-state index contributed by atoms with van der Waals surface area (Å²) in [4.78, 5) is 35.6. The predicted octanol–water partition coefficient (Wildman–Crippen LogP) is 3.73. The summed E-state index contributed by atoms with van der Waals surface area (Å²) in [7, 11) is 0. The van der Waals surface area contributed by atoms with Crippen LogP contribution in [0.4, 0.5) is 0 Å². The van der Waals surface area contributed by atoms with Crippen LogP contribution in [-0.4, -0.2) is 23.9 Å². The van der Waals surface area contributed by atoms with E-state index in [2.05, 4.69) is 5.32 Å². The molecule has 0 saturated carbocycles. The molecule has 0 aliphatic carbocycles. The summed E-state index contributed by atoms with van der Waals surface area (Å²) in [5, 5.41) is 2.65. The van der Waals surface area contributed by atoms with Gasteiger partial charge >= 0.3 is 11.9 Å². The Morgan fingerprint density at radius 2 is 1.77 bits per heavy atom. The molecule has 2 aromatic carbocycles.